The standard InChI is InChI=1S/C11H10N2O4/c1-13-9(7(5-12-13)11(16)17)6-3-2-4-8(14)10(6)15/h2-5,14-15H,1H3,(H,16,17). The van der Waals surface area contributed by atoms with Crippen molar-refractivity contribution in [2.24, 2.45) is 7.05 Å². The van der Waals surface area contributed by atoms with Gasteiger partial charge in [-0.05, 0) is 12.1 Å². The number of carboxylic acids is 1. The summed E-state index contributed by atoms with van der Waals surface area (Å²) in [4.78, 5) is 11.0. The van der Waals surface area contributed by atoms with E-state index in [0.29, 0.717) is 0 Å². The van der Waals surface area contributed by atoms with Gasteiger partial charge in [-0.15, -0.1) is 0 Å². The largest absolute Gasteiger partial charge is 0.504 e. The predicted octanol–water partition coefficient (Wildman–Crippen LogP) is 1.20. The summed E-state index contributed by atoms with van der Waals surface area (Å²) >= 11 is 0. The number of phenols is 2. The lowest BCUT2D eigenvalue weighted by atomic mass is 10.1. The second-order valence-corrected chi connectivity index (χ2v) is 3.51. The number of benzene rings is 1. The fourth-order valence-electron chi connectivity index (χ4n) is 1.64. The maximum Gasteiger partial charge on any atom is 0.339 e. The van der Waals surface area contributed by atoms with Gasteiger partial charge in [-0.1, -0.05) is 6.07 Å². The lowest BCUT2D eigenvalue weighted by Crippen LogP contribution is -2.00. The highest BCUT2D eigenvalue weighted by atomic mass is 16.4. The van der Waals surface area contributed by atoms with Crippen LogP contribution in [0.25, 0.3) is 11.3 Å². The molecule has 0 aliphatic rings. The van der Waals surface area contributed by atoms with Crippen LogP contribution in [0.1, 0.15) is 10.4 Å². The van der Waals surface area contributed by atoms with Crippen molar-refractivity contribution in [3.63, 3.8) is 0 Å². The zero-order valence-corrected chi connectivity index (χ0v) is 8.95. The average Bonchev–Trinajstić information content (AvgIpc) is 2.65. The van der Waals surface area contributed by atoms with Crippen molar-refractivity contribution in [2.75, 3.05) is 0 Å². The van der Waals surface area contributed by atoms with Crippen LogP contribution in [-0.4, -0.2) is 31.1 Å². The fraction of sp³-hybridized carbons (Fsp3) is 0.0909. The van der Waals surface area contributed by atoms with Crippen LogP contribution in [0.5, 0.6) is 11.5 Å². The molecule has 1 heterocycles. The Balaban J connectivity index is 2.72. The van der Waals surface area contributed by atoms with E-state index in [-0.39, 0.29) is 28.3 Å². The van der Waals surface area contributed by atoms with Crippen LogP contribution in [0.4, 0.5) is 0 Å². The minimum Gasteiger partial charge on any atom is -0.504 e. The summed E-state index contributed by atoms with van der Waals surface area (Å²) in [6.07, 6.45) is 1.20. The van der Waals surface area contributed by atoms with E-state index in [0.717, 1.165) is 0 Å². The number of nitrogens with zero attached hydrogens (tertiary/aromatic N) is 2. The van der Waals surface area contributed by atoms with E-state index in [4.69, 9.17) is 5.11 Å². The molecule has 6 heteroatoms. The molecule has 1 aromatic carbocycles. The molecule has 0 fully saturated rings. The van der Waals surface area contributed by atoms with Gasteiger partial charge in [0.1, 0.15) is 5.56 Å². The zero-order chi connectivity index (χ0) is 12.6. The Morgan fingerprint density at radius 1 is 1.35 bits per heavy atom. The summed E-state index contributed by atoms with van der Waals surface area (Å²) < 4.78 is 1.33. The van der Waals surface area contributed by atoms with Crippen LogP contribution in [0.2, 0.25) is 0 Å². The van der Waals surface area contributed by atoms with Crippen molar-refractivity contribution in [3.8, 4) is 22.8 Å². The molecular weight excluding hydrogens is 224 g/mol. The Morgan fingerprint density at radius 2 is 2.06 bits per heavy atom. The van der Waals surface area contributed by atoms with Crippen molar-refractivity contribution in [1.82, 2.24) is 9.78 Å². The summed E-state index contributed by atoms with van der Waals surface area (Å²) in [6, 6.07) is 4.34. The molecule has 0 spiro atoms. The van der Waals surface area contributed by atoms with E-state index in [2.05, 4.69) is 5.10 Å². The van der Waals surface area contributed by atoms with Crippen LogP contribution in [-0.2, 0) is 7.05 Å². The maximum atomic E-state index is 11.0. The highest BCUT2D eigenvalue weighted by Crippen LogP contribution is 2.37. The topological polar surface area (TPSA) is 95.6 Å². The number of phenolic OH excluding ortho intramolecular Hbond substituents is 2. The highest BCUT2D eigenvalue weighted by Gasteiger charge is 2.20. The van der Waals surface area contributed by atoms with Gasteiger partial charge in [0.05, 0.1) is 11.9 Å². The summed E-state index contributed by atoms with van der Waals surface area (Å²) in [5, 5.41) is 31.9. The Hall–Kier alpha value is -2.50. The van der Waals surface area contributed by atoms with Crippen LogP contribution >= 0.6 is 0 Å². The minimum atomic E-state index is -1.14. The number of carbonyl (C=O) groups is 1. The molecule has 2 aromatic rings. The first-order valence-electron chi connectivity index (χ1n) is 4.79. The van der Waals surface area contributed by atoms with Gasteiger partial charge < -0.3 is 15.3 Å². The van der Waals surface area contributed by atoms with E-state index >= 15 is 0 Å². The molecule has 0 aliphatic carbocycles. The Bertz CT molecular complexity index is 589. The number of aromatic carboxylic acids is 1. The van der Waals surface area contributed by atoms with Crippen molar-refractivity contribution in [3.05, 3.63) is 30.0 Å². The summed E-state index contributed by atoms with van der Waals surface area (Å²) in [7, 11) is 1.56. The Labute approximate surface area is 96.4 Å². The predicted molar refractivity (Wildman–Crippen MR) is 58.9 cm³/mol. The summed E-state index contributed by atoms with van der Waals surface area (Å²) in [5.41, 5.74) is 0.432. The third-order valence-electron chi connectivity index (χ3n) is 2.44. The molecule has 0 aliphatic heterocycles. The van der Waals surface area contributed by atoms with Crippen molar-refractivity contribution < 1.29 is 20.1 Å². The average molecular weight is 234 g/mol. The molecule has 17 heavy (non-hydrogen) atoms. The van der Waals surface area contributed by atoms with E-state index in [1.54, 1.807) is 7.05 Å². The SMILES string of the molecule is Cn1ncc(C(=O)O)c1-c1cccc(O)c1O. The quantitative estimate of drug-likeness (QED) is 0.678. The first-order chi connectivity index (χ1) is 8.02. The molecule has 0 amide bonds. The van der Waals surface area contributed by atoms with E-state index in [1.807, 2.05) is 0 Å². The smallest absolute Gasteiger partial charge is 0.339 e. The van der Waals surface area contributed by atoms with Crippen LogP contribution in [0.3, 0.4) is 0 Å². The molecule has 0 atom stereocenters. The second-order valence-electron chi connectivity index (χ2n) is 3.51. The van der Waals surface area contributed by atoms with Gasteiger partial charge in [0, 0.05) is 12.6 Å². The van der Waals surface area contributed by atoms with Gasteiger partial charge in [0.2, 0.25) is 0 Å². The van der Waals surface area contributed by atoms with Crippen molar-refractivity contribution in [2.45, 2.75) is 0 Å². The van der Waals surface area contributed by atoms with E-state index in [9.17, 15) is 15.0 Å². The number of aromatic nitrogens is 2. The summed E-state index contributed by atoms with van der Waals surface area (Å²) in [5.74, 6) is -1.81. The van der Waals surface area contributed by atoms with Gasteiger partial charge in [-0.2, -0.15) is 5.10 Å². The third-order valence-corrected chi connectivity index (χ3v) is 2.44. The summed E-state index contributed by atoms with van der Waals surface area (Å²) in [6.45, 7) is 0. The number of rotatable bonds is 2. The normalized spacial score (nSPS) is 10.4. The molecule has 0 saturated carbocycles. The van der Waals surface area contributed by atoms with Gasteiger partial charge in [0.15, 0.2) is 11.5 Å². The number of carboxylic acid groups (broad SMARTS) is 1. The number of aromatic hydroxyl groups is 2. The third kappa shape index (κ3) is 1.69. The van der Waals surface area contributed by atoms with Gasteiger partial charge in [-0.25, -0.2) is 4.79 Å². The zero-order valence-electron chi connectivity index (χ0n) is 8.95. The molecule has 2 rings (SSSR count). The Kier molecular flexibility index (Phi) is 2.47. The monoisotopic (exact) mass is 234 g/mol. The lowest BCUT2D eigenvalue weighted by Gasteiger charge is -2.07. The number of hydrogen-bond acceptors (Lipinski definition) is 4. The molecule has 3 N–H and O–H groups in total. The lowest BCUT2D eigenvalue weighted by molar-refractivity contribution is 0.0697. The highest BCUT2D eigenvalue weighted by molar-refractivity contribution is 5.95. The number of aryl methyl sites for hydroxylation is 1. The number of hydrogen-bond donors (Lipinski definition) is 3. The van der Waals surface area contributed by atoms with E-state index in [1.165, 1.54) is 29.1 Å². The first kappa shape index (κ1) is 11.0. The molecule has 6 nitrogen and oxygen atoms in total. The Morgan fingerprint density at radius 3 is 2.71 bits per heavy atom. The molecule has 0 saturated heterocycles. The van der Waals surface area contributed by atoms with Crippen LogP contribution in [0.15, 0.2) is 24.4 Å². The van der Waals surface area contributed by atoms with Crippen LogP contribution in [0, 0.1) is 0 Å². The van der Waals surface area contributed by atoms with Crippen molar-refractivity contribution >= 4 is 5.97 Å². The van der Waals surface area contributed by atoms with Gasteiger partial charge >= 0.3 is 5.97 Å². The first-order valence-corrected chi connectivity index (χ1v) is 4.79. The molecular formula is C11H10N2O4. The van der Waals surface area contributed by atoms with E-state index < -0.39 is 5.97 Å². The fourth-order valence-corrected chi connectivity index (χ4v) is 1.64. The maximum absolute atomic E-state index is 11.0. The molecule has 0 bridgehead atoms. The second kappa shape index (κ2) is 3.82. The van der Waals surface area contributed by atoms with Crippen molar-refractivity contribution in [1.29, 1.82) is 0 Å². The minimum absolute atomic E-state index is 0.0339. The van der Waals surface area contributed by atoms with Gasteiger partial charge in [0.25, 0.3) is 0 Å². The molecule has 88 valence electrons. The number of para-hydroxylation sites is 1. The molecule has 0 unspecified atom stereocenters. The van der Waals surface area contributed by atoms with Gasteiger partial charge in [-0.3, -0.25) is 4.68 Å². The molecule has 0 radical (unpaired) electrons. The molecule has 1 aromatic heterocycles. The van der Waals surface area contributed by atoms with Crippen LogP contribution < -0.4 is 0 Å².